The number of hydrogen-bond donors (Lipinski definition) is 1. The van der Waals surface area contributed by atoms with E-state index in [1.807, 2.05) is 7.05 Å². The van der Waals surface area contributed by atoms with E-state index in [9.17, 15) is 4.79 Å². The van der Waals surface area contributed by atoms with Crippen LogP contribution in [0.2, 0.25) is 0 Å². The van der Waals surface area contributed by atoms with Crippen LogP contribution in [-0.4, -0.2) is 50.7 Å². The lowest BCUT2D eigenvalue weighted by Crippen LogP contribution is -2.40. The van der Waals surface area contributed by atoms with Crippen molar-refractivity contribution in [2.45, 2.75) is 12.5 Å². The van der Waals surface area contributed by atoms with E-state index in [-0.39, 0.29) is 12.5 Å². The molecule has 70 valence electrons. The Labute approximate surface area is 72.9 Å². The van der Waals surface area contributed by atoms with Gasteiger partial charge in [0.1, 0.15) is 6.61 Å². The largest absolute Gasteiger partial charge is 0.375 e. The zero-order chi connectivity index (χ0) is 8.97. The molecule has 1 heterocycles. The third kappa shape index (κ3) is 2.19. The molecule has 4 heteroatoms. The van der Waals surface area contributed by atoms with Crippen LogP contribution >= 0.6 is 0 Å². The molecule has 1 atom stereocenters. The van der Waals surface area contributed by atoms with Crippen LogP contribution in [0.15, 0.2) is 0 Å². The molecule has 1 N–H and O–H groups in total. The van der Waals surface area contributed by atoms with Gasteiger partial charge in [0.05, 0.1) is 0 Å². The van der Waals surface area contributed by atoms with Crippen molar-refractivity contribution >= 4 is 5.91 Å². The molecule has 1 aliphatic heterocycles. The Hall–Kier alpha value is -0.610. The van der Waals surface area contributed by atoms with Crippen LogP contribution in [0.3, 0.4) is 0 Å². The summed E-state index contributed by atoms with van der Waals surface area (Å²) in [6.45, 7) is 2.11. The Morgan fingerprint density at radius 1 is 1.75 bits per heavy atom. The van der Waals surface area contributed by atoms with Gasteiger partial charge in [-0.3, -0.25) is 4.79 Å². The Morgan fingerprint density at radius 3 is 3.00 bits per heavy atom. The topological polar surface area (TPSA) is 41.6 Å². The van der Waals surface area contributed by atoms with Crippen LogP contribution in [0.1, 0.15) is 6.42 Å². The molecular formula is C8H16N2O2. The summed E-state index contributed by atoms with van der Waals surface area (Å²) in [5, 5.41) is 3.22. The van der Waals surface area contributed by atoms with Crippen molar-refractivity contribution in [2.24, 2.45) is 0 Å². The number of likely N-dealkylation sites (N-methyl/N-ethyl adjacent to an activating group) is 1. The van der Waals surface area contributed by atoms with E-state index in [4.69, 9.17) is 4.74 Å². The number of amides is 1. The molecule has 0 saturated carbocycles. The maximum Gasteiger partial charge on any atom is 0.248 e. The number of nitrogens with zero attached hydrogens (tertiary/aromatic N) is 1. The summed E-state index contributed by atoms with van der Waals surface area (Å²) in [6.07, 6.45) is 1.05. The van der Waals surface area contributed by atoms with Gasteiger partial charge in [0, 0.05) is 26.7 Å². The molecule has 4 nitrogen and oxygen atoms in total. The lowest BCUT2D eigenvalue weighted by atomic mass is 10.2. The van der Waals surface area contributed by atoms with Gasteiger partial charge in [0.25, 0.3) is 0 Å². The Balaban J connectivity index is 2.34. The van der Waals surface area contributed by atoms with Crippen LogP contribution < -0.4 is 5.32 Å². The van der Waals surface area contributed by atoms with Gasteiger partial charge >= 0.3 is 0 Å². The van der Waals surface area contributed by atoms with Gasteiger partial charge in [-0.25, -0.2) is 0 Å². The zero-order valence-electron chi connectivity index (χ0n) is 7.67. The lowest BCUT2D eigenvalue weighted by molar-refractivity contribution is -0.135. The number of methoxy groups -OCH3 is 1. The van der Waals surface area contributed by atoms with Crippen molar-refractivity contribution in [3.63, 3.8) is 0 Å². The minimum atomic E-state index is 0.0613. The third-order valence-electron chi connectivity index (χ3n) is 2.24. The summed E-state index contributed by atoms with van der Waals surface area (Å²) >= 11 is 0. The van der Waals surface area contributed by atoms with Gasteiger partial charge in [-0.05, 0) is 13.0 Å². The standard InChI is InChI=1S/C8H16N2O2/c1-10(8(11)6-12-2)7-3-4-9-5-7/h7,9H,3-6H2,1-2H3. The second-order valence-electron chi connectivity index (χ2n) is 3.08. The first-order valence-corrected chi connectivity index (χ1v) is 4.21. The second-order valence-corrected chi connectivity index (χ2v) is 3.08. The molecule has 12 heavy (non-hydrogen) atoms. The van der Waals surface area contributed by atoms with Crippen LogP contribution in [0.25, 0.3) is 0 Å². The summed E-state index contributed by atoms with van der Waals surface area (Å²) in [5.74, 6) is 0.0613. The Kier molecular flexibility index (Phi) is 3.49. The molecule has 0 spiro atoms. The van der Waals surface area contributed by atoms with E-state index in [0.717, 1.165) is 19.5 Å². The average Bonchev–Trinajstić information content (AvgIpc) is 2.55. The molecule has 1 aliphatic rings. The van der Waals surface area contributed by atoms with E-state index in [1.165, 1.54) is 0 Å². The van der Waals surface area contributed by atoms with Gasteiger partial charge in [-0.2, -0.15) is 0 Å². The first kappa shape index (κ1) is 9.48. The van der Waals surface area contributed by atoms with Gasteiger partial charge in [0.15, 0.2) is 0 Å². The molecule has 0 radical (unpaired) electrons. The van der Waals surface area contributed by atoms with Crippen molar-refractivity contribution in [1.29, 1.82) is 0 Å². The fourth-order valence-electron chi connectivity index (χ4n) is 1.40. The van der Waals surface area contributed by atoms with Crippen molar-refractivity contribution < 1.29 is 9.53 Å². The highest BCUT2D eigenvalue weighted by Crippen LogP contribution is 2.05. The summed E-state index contributed by atoms with van der Waals surface area (Å²) in [4.78, 5) is 13.1. The lowest BCUT2D eigenvalue weighted by Gasteiger charge is -2.23. The molecule has 0 aromatic heterocycles. The number of carbonyl (C=O) groups is 1. The van der Waals surface area contributed by atoms with Gasteiger partial charge < -0.3 is 15.0 Å². The van der Waals surface area contributed by atoms with Crippen LogP contribution in [0, 0.1) is 0 Å². The van der Waals surface area contributed by atoms with Crippen LogP contribution in [0.4, 0.5) is 0 Å². The summed E-state index contributed by atoms with van der Waals surface area (Å²) < 4.78 is 4.77. The van der Waals surface area contributed by atoms with Crippen molar-refractivity contribution in [1.82, 2.24) is 10.2 Å². The van der Waals surface area contributed by atoms with Gasteiger partial charge in [-0.1, -0.05) is 0 Å². The molecular weight excluding hydrogens is 156 g/mol. The highest BCUT2D eigenvalue weighted by atomic mass is 16.5. The summed E-state index contributed by atoms with van der Waals surface area (Å²) in [7, 11) is 3.37. The average molecular weight is 172 g/mol. The summed E-state index contributed by atoms with van der Waals surface area (Å²) in [6, 6.07) is 0.354. The highest BCUT2D eigenvalue weighted by Gasteiger charge is 2.22. The minimum Gasteiger partial charge on any atom is -0.375 e. The SMILES string of the molecule is COCC(=O)N(C)C1CCNC1. The third-order valence-corrected chi connectivity index (χ3v) is 2.24. The normalized spacial score (nSPS) is 22.7. The molecule has 0 aromatic carbocycles. The van der Waals surface area contributed by atoms with Gasteiger partial charge in [-0.15, -0.1) is 0 Å². The molecule has 1 saturated heterocycles. The first-order chi connectivity index (χ1) is 5.75. The highest BCUT2D eigenvalue weighted by molar-refractivity contribution is 5.77. The summed E-state index contributed by atoms with van der Waals surface area (Å²) in [5.41, 5.74) is 0. The van der Waals surface area contributed by atoms with E-state index in [1.54, 1.807) is 12.0 Å². The number of carbonyl (C=O) groups excluding carboxylic acids is 1. The maximum absolute atomic E-state index is 11.3. The first-order valence-electron chi connectivity index (χ1n) is 4.21. The molecule has 0 bridgehead atoms. The second kappa shape index (κ2) is 4.42. The van der Waals surface area contributed by atoms with Gasteiger partial charge in [0.2, 0.25) is 5.91 Å². The number of rotatable bonds is 3. The number of ether oxygens (including phenoxy) is 1. The van der Waals surface area contributed by atoms with E-state index >= 15 is 0 Å². The van der Waals surface area contributed by atoms with E-state index < -0.39 is 0 Å². The fourth-order valence-corrected chi connectivity index (χ4v) is 1.40. The predicted molar refractivity (Wildman–Crippen MR) is 45.9 cm³/mol. The molecule has 1 unspecified atom stereocenters. The predicted octanol–water partition coefficient (Wildman–Crippen LogP) is -0.547. The van der Waals surface area contributed by atoms with Crippen molar-refractivity contribution in [3.05, 3.63) is 0 Å². The molecule has 0 aliphatic carbocycles. The smallest absolute Gasteiger partial charge is 0.248 e. The van der Waals surface area contributed by atoms with E-state index in [0.29, 0.717) is 6.04 Å². The number of nitrogens with one attached hydrogen (secondary N) is 1. The fraction of sp³-hybridized carbons (Fsp3) is 0.875. The molecule has 1 rings (SSSR count). The Bertz CT molecular complexity index is 155. The Morgan fingerprint density at radius 2 is 2.50 bits per heavy atom. The van der Waals surface area contributed by atoms with Crippen molar-refractivity contribution in [2.75, 3.05) is 33.9 Å². The molecule has 1 fully saturated rings. The monoisotopic (exact) mass is 172 g/mol. The maximum atomic E-state index is 11.3. The van der Waals surface area contributed by atoms with E-state index in [2.05, 4.69) is 5.32 Å². The van der Waals surface area contributed by atoms with Crippen LogP contribution in [0.5, 0.6) is 0 Å². The zero-order valence-corrected chi connectivity index (χ0v) is 7.67. The molecule has 1 amide bonds. The molecule has 0 aromatic rings. The number of hydrogen-bond acceptors (Lipinski definition) is 3. The van der Waals surface area contributed by atoms with Crippen LogP contribution in [-0.2, 0) is 9.53 Å². The van der Waals surface area contributed by atoms with Crippen molar-refractivity contribution in [3.8, 4) is 0 Å². The minimum absolute atomic E-state index is 0.0613. The quantitative estimate of drug-likeness (QED) is 0.621.